The highest BCUT2D eigenvalue weighted by Crippen LogP contribution is 2.30. The number of nitrogens with two attached hydrogens (primary N) is 1. The summed E-state index contributed by atoms with van der Waals surface area (Å²) >= 11 is 0. The molecule has 2 rings (SSSR count). The van der Waals surface area contributed by atoms with Crippen LogP contribution in [0.3, 0.4) is 0 Å². The highest BCUT2D eigenvalue weighted by atomic mass is 16.2. The van der Waals surface area contributed by atoms with E-state index in [-0.39, 0.29) is 5.91 Å². The van der Waals surface area contributed by atoms with Crippen LogP contribution in [0, 0.1) is 12.8 Å². The van der Waals surface area contributed by atoms with Crippen molar-refractivity contribution in [1.29, 1.82) is 0 Å². The molecule has 1 atom stereocenters. The first-order chi connectivity index (χ1) is 8.33. The maximum Gasteiger partial charge on any atom is 0.255 e. The number of hydrazine groups is 1. The number of hydrogen-bond donors (Lipinski definition) is 2. The zero-order valence-corrected chi connectivity index (χ0v) is 10.7. The summed E-state index contributed by atoms with van der Waals surface area (Å²) in [6.45, 7) is 5.52. The van der Waals surface area contributed by atoms with Crippen molar-refractivity contribution in [1.82, 2.24) is 5.43 Å². The molecule has 1 unspecified atom stereocenters. The molecule has 0 saturated carbocycles. The molecular weight excluding hydrogens is 230 g/mol. The summed E-state index contributed by atoms with van der Waals surface area (Å²) in [7, 11) is 0. The van der Waals surface area contributed by atoms with Gasteiger partial charge in [0, 0.05) is 0 Å². The Morgan fingerprint density at radius 1 is 1.44 bits per heavy atom. The summed E-state index contributed by atoms with van der Waals surface area (Å²) in [4.78, 5) is 23.6. The number of benzene rings is 1. The average molecular weight is 247 g/mol. The largest absolute Gasteiger partial charge is 0.369 e. The first-order valence-electron chi connectivity index (χ1n) is 5.81. The molecule has 5 nitrogen and oxygen atoms in total. The Kier molecular flexibility index (Phi) is 2.86. The van der Waals surface area contributed by atoms with Gasteiger partial charge < -0.3 is 5.73 Å². The lowest BCUT2D eigenvalue weighted by molar-refractivity contribution is -0.131. The number of amides is 2. The van der Waals surface area contributed by atoms with Crippen molar-refractivity contribution in [3.63, 3.8) is 0 Å². The first kappa shape index (κ1) is 12.6. The van der Waals surface area contributed by atoms with Crippen LogP contribution in [0.15, 0.2) is 24.3 Å². The third-order valence-electron chi connectivity index (χ3n) is 3.13. The predicted octanol–water partition coefficient (Wildman–Crippen LogP) is 0.726. The second kappa shape index (κ2) is 4.10. The van der Waals surface area contributed by atoms with Crippen molar-refractivity contribution in [3.8, 4) is 0 Å². The number of primary amides is 1. The van der Waals surface area contributed by atoms with Gasteiger partial charge in [-0.3, -0.25) is 9.59 Å². The first-order valence-corrected chi connectivity index (χ1v) is 5.81. The van der Waals surface area contributed by atoms with Crippen LogP contribution in [0.5, 0.6) is 0 Å². The van der Waals surface area contributed by atoms with E-state index in [2.05, 4.69) is 5.43 Å². The summed E-state index contributed by atoms with van der Waals surface area (Å²) in [6, 6.07) is 7.51. The second-order valence-electron chi connectivity index (χ2n) is 5.18. The molecule has 0 aliphatic carbocycles. The third-order valence-corrected chi connectivity index (χ3v) is 3.13. The molecule has 2 amide bonds. The number of hydrogen-bond acceptors (Lipinski definition) is 3. The molecule has 0 radical (unpaired) electrons. The summed E-state index contributed by atoms with van der Waals surface area (Å²) in [5.41, 5.74) is 9.43. The van der Waals surface area contributed by atoms with E-state index < -0.39 is 17.4 Å². The van der Waals surface area contributed by atoms with Crippen LogP contribution in [0.1, 0.15) is 19.4 Å². The van der Waals surface area contributed by atoms with Crippen LogP contribution in [-0.4, -0.2) is 17.4 Å². The molecule has 96 valence electrons. The van der Waals surface area contributed by atoms with E-state index in [0.29, 0.717) is 0 Å². The van der Waals surface area contributed by atoms with E-state index in [9.17, 15) is 9.59 Å². The highest BCUT2D eigenvalue weighted by molar-refractivity contribution is 6.10. The SMILES string of the molecule is Cc1cccc(N2NC(C)(C)C(C(N)=O)C2=O)c1. The Bertz CT molecular complexity index is 511. The molecular formula is C13H17N3O2. The van der Waals surface area contributed by atoms with E-state index in [4.69, 9.17) is 5.73 Å². The minimum atomic E-state index is -0.849. The van der Waals surface area contributed by atoms with Crippen LogP contribution in [0.4, 0.5) is 5.69 Å². The van der Waals surface area contributed by atoms with Crippen molar-refractivity contribution >= 4 is 17.5 Å². The molecule has 1 fully saturated rings. The minimum absolute atomic E-state index is 0.307. The molecule has 1 aromatic carbocycles. The number of anilines is 1. The molecule has 0 bridgehead atoms. The molecule has 1 heterocycles. The van der Waals surface area contributed by atoms with Crippen LogP contribution >= 0.6 is 0 Å². The van der Waals surface area contributed by atoms with Crippen LogP contribution in [0.2, 0.25) is 0 Å². The smallest absolute Gasteiger partial charge is 0.255 e. The van der Waals surface area contributed by atoms with Gasteiger partial charge in [-0.15, -0.1) is 0 Å². The Hall–Kier alpha value is -1.88. The fraction of sp³-hybridized carbons (Fsp3) is 0.385. The normalized spacial score (nSPS) is 22.3. The summed E-state index contributed by atoms with van der Waals surface area (Å²) < 4.78 is 0. The standard InChI is InChI=1S/C13H17N3O2/c1-8-5-4-6-9(7-8)16-12(18)10(11(14)17)13(2,3)15-16/h4-7,10,15H,1-3H3,(H2,14,17). The van der Waals surface area contributed by atoms with E-state index >= 15 is 0 Å². The molecule has 18 heavy (non-hydrogen) atoms. The van der Waals surface area contributed by atoms with Crippen molar-refractivity contribution in [2.75, 3.05) is 5.01 Å². The fourth-order valence-electron chi connectivity index (χ4n) is 2.28. The van der Waals surface area contributed by atoms with Gasteiger partial charge in [-0.1, -0.05) is 12.1 Å². The highest BCUT2D eigenvalue weighted by Gasteiger charge is 2.49. The Balaban J connectivity index is 2.38. The van der Waals surface area contributed by atoms with E-state index in [1.807, 2.05) is 31.2 Å². The summed E-state index contributed by atoms with van der Waals surface area (Å²) in [5.74, 6) is -1.76. The number of aryl methyl sites for hydroxylation is 1. The van der Waals surface area contributed by atoms with Gasteiger partial charge in [0.2, 0.25) is 5.91 Å². The predicted molar refractivity (Wildman–Crippen MR) is 68.6 cm³/mol. The number of rotatable bonds is 2. The van der Waals surface area contributed by atoms with Crippen molar-refractivity contribution in [2.45, 2.75) is 26.3 Å². The lowest BCUT2D eigenvalue weighted by atomic mass is 9.89. The Morgan fingerprint density at radius 2 is 2.11 bits per heavy atom. The zero-order valence-electron chi connectivity index (χ0n) is 10.7. The molecule has 1 saturated heterocycles. The number of carbonyl (C=O) groups is 2. The molecule has 1 aliphatic rings. The van der Waals surface area contributed by atoms with Crippen LogP contribution < -0.4 is 16.2 Å². The average Bonchev–Trinajstić information content (AvgIpc) is 2.48. The van der Waals surface area contributed by atoms with Gasteiger partial charge in [0.05, 0.1) is 11.2 Å². The van der Waals surface area contributed by atoms with E-state index in [1.54, 1.807) is 13.8 Å². The van der Waals surface area contributed by atoms with E-state index in [1.165, 1.54) is 5.01 Å². The van der Waals surface area contributed by atoms with Gasteiger partial charge >= 0.3 is 0 Å². The fourth-order valence-corrected chi connectivity index (χ4v) is 2.28. The maximum absolute atomic E-state index is 12.2. The molecule has 1 aliphatic heterocycles. The molecule has 1 aromatic rings. The zero-order chi connectivity index (χ0) is 13.5. The minimum Gasteiger partial charge on any atom is -0.369 e. The third kappa shape index (κ3) is 1.97. The molecule has 0 spiro atoms. The Labute approximate surface area is 106 Å². The lowest BCUT2D eigenvalue weighted by Gasteiger charge is -2.23. The van der Waals surface area contributed by atoms with Gasteiger partial charge in [0.15, 0.2) is 0 Å². The summed E-state index contributed by atoms with van der Waals surface area (Å²) in [6.07, 6.45) is 0. The van der Waals surface area contributed by atoms with Crippen LogP contribution in [0.25, 0.3) is 0 Å². The molecule has 5 heteroatoms. The molecule has 3 N–H and O–H groups in total. The van der Waals surface area contributed by atoms with Gasteiger partial charge in [-0.25, -0.2) is 10.4 Å². The second-order valence-corrected chi connectivity index (χ2v) is 5.18. The van der Waals surface area contributed by atoms with Gasteiger partial charge in [-0.05, 0) is 38.5 Å². The van der Waals surface area contributed by atoms with Gasteiger partial charge in [-0.2, -0.15) is 0 Å². The number of nitrogens with zero attached hydrogens (tertiary/aromatic N) is 1. The van der Waals surface area contributed by atoms with Crippen LogP contribution in [-0.2, 0) is 9.59 Å². The molecule has 0 aromatic heterocycles. The van der Waals surface area contributed by atoms with Crippen molar-refractivity contribution in [2.24, 2.45) is 11.7 Å². The topological polar surface area (TPSA) is 75.4 Å². The van der Waals surface area contributed by atoms with Crippen molar-refractivity contribution < 1.29 is 9.59 Å². The number of nitrogens with one attached hydrogen (secondary N) is 1. The Morgan fingerprint density at radius 3 is 2.61 bits per heavy atom. The number of carbonyl (C=O) groups excluding carboxylic acids is 2. The van der Waals surface area contributed by atoms with E-state index in [0.717, 1.165) is 11.3 Å². The maximum atomic E-state index is 12.2. The monoisotopic (exact) mass is 247 g/mol. The quantitative estimate of drug-likeness (QED) is 0.756. The van der Waals surface area contributed by atoms with Crippen molar-refractivity contribution in [3.05, 3.63) is 29.8 Å². The van der Waals surface area contributed by atoms with Gasteiger partial charge in [0.1, 0.15) is 5.92 Å². The van der Waals surface area contributed by atoms with Gasteiger partial charge in [0.25, 0.3) is 5.91 Å². The lowest BCUT2D eigenvalue weighted by Crippen LogP contribution is -2.46. The summed E-state index contributed by atoms with van der Waals surface area (Å²) in [5, 5.41) is 1.41.